The highest BCUT2D eigenvalue weighted by Crippen LogP contribution is 2.08. The predicted octanol–water partition coefficient (Wildman–Crippen LogP) is 1.51. The first-order valence-electron chi connectivity index (χ1n) is 5.38. The topological polar surface area (TPSA) is 106 Å². The third kappa shape index (κ3) is 2.73. The van der Waals surface area contributed by atoms with Gasteiger partial charge in [0.15, 0.2) is 0 Å². The standard InChI is InChI=1S/C7H7N3.C5H7N3/c1-5-9-6-2-3-8-4-7(6)10-5;6-4-1-2-8-3-5(4)7/h2-4H,1H3,(H,9,10);1-3H,7H2,(H2,6,8). The van der Waals surface area contributed by atoms with Crippen LogP contribution < -0.4 is 11.5 Å². The van der Waals surface area contributed by atoms with Crippen LogP contribution in [0.5, 0.6) is 0 Å². The van der Waals surface area contributed by atoms with Crippen LogP contribution in [0, 0.1) is 6.92 Å². The molecule has 3 heterocycles. The number of imidazole rings is 1. The molecule has 0 aliphatic rings. The number of fused-ring (bicyclic) bond motifs is 1. The number of nitrogen functional groups attached to an aromatic ring is 2. The molecule has 0 aliphatic heterocycles. The number of aromatic nitrogens is 4. The number of nitrogens with one attached hydrogen (secondary N) is 1. The molecule has 0 saturated carbocycles. The number of hydrogen-bond acceptors (Lipinski definition) is 5. The third-order valence-corrected chi connectivity index (χ3v) is 2.29. The Labute approximate surface area is 104 Å². The SMILES string of the molecule is Cc1nc2ccncc2[nH]1.Nc1ccncc1N. The summed E-state index contributed by atoms with van der Waals surface area (Å²) in [5.74, 6) is 0.933. The summed E-state index contributed by atoms with van der Waals surface area (Å²) in [7, 11) is 0. The van der Waals surface area contributed by atoms with Gasteiger partial charge in [-0.3, -0.25) is 9.97 Å². The molecule has 3 aromatic heterocycles. The zero-order valence-corrected chi connectivity index (χ0v) is 9.96. The van der Waals surface area contributed by atoms with Crippen LogP contribution in [0.15, 0.2) is 36.9 Å². The lowest BCUT2D eigenvalue weighted by molar-refractivity contribution is 1.17. The Bertz CT molecular complexity index is 592. The minimum Gasteiger partial charge on any atom is -0.397 e. The van der Waals surface area contributed by atoms with E-state index in [0.717, 1.165) is 16.9 Å². The number of aryl methyl sites for hydroxylation is 1. The predicted molar refractivity (Wildman–Crippen MR) is 71.7 cm³/mol. The number of rotatable bonds is 0. The number of nitrogens with zero attached hydrogens (tertiary/aromatic N) is 3. The summed E-state index contributed by atoms with van der Waals surface area (Å²) in [6.45, 7) is 1.93. The van der Waals surface area contributed by atoms with Crippen LogP contribution >= 0.6 is 0 Å². The molecule has 3 rings (SSSR count). The lowest BCUT2D eigenvalue weighted by atomic mass is 10.4. The summed E-state index contributed by atoms with van der Waals surface area (Å²) in [6, 6.07) is 3.55. The smallest absolute Gasteiger partial charge is 0.104 e. The van der Waals surface area contributed by atoms with Crippen molar-refractivity contribution >= 4 is 22.4 Å². The first-order chi connectivity index (χ1) is 8.66. The molecule has 0 radical (unpaired) electrons. The maximum Gasteiger partial charge on any atom is 0.104 e. The number of hydrogen-bond donors (Lipinski definition) is 3. The zero-order valence-electron chi connectivity index (χ0n) is 9.96. The summed E-state index contributed by atoms with van der Waals surface area (Å²) in [5.41, 5.74) is 13.8. The van der Waals surface area contributed by atoms with E-state index in [1.807, 2.05) is 13.0 Å². The van der Waals surface area contributed by atoms with Gasteiger partial charge in [-0.1, -0.05) is 0 Å². The van der Waals surface area contributed by atoms with E-state index >= 15 is 0 Å². The van der Waals surface area contributed by atoms with Crippen molar-refractivity contribution in [3.63, 3.8) is 0 Å². The van der Waals surface area contributed by atoms with Crippen LogP contribution in [0.3, 0.4) is 0 Å². The van der Waals surface area contributed by atoms with Gasteiger partial charge in [-0.15, -0.1) is 0 Å². The van der Waals surface area contributed by atoms with Crippen LogP contribution in [0.4, 0.5) is 11.4 Å². The van der Waals surface area contributed by atoms with Crippen molar-refractivity contribution in [2.75, 3.05) is 11.5 Å². The Hall–Kier alpha value is -2.63. The summed E-state index contributed by atoms with van der Waals surface area (Å²) >= 11 is 0. The molecule has 92 valence electrons. The maximum absolute atomic E-state index is 5.35. The van der Waals surface area contributed by atoms with Crippen molar-refractivity contribution in [3.8, 4) is 0 Å². The average molecular weight is 242 g/mol. The summed E-state index contributed by atoms with van der Waals surface area (Å²) in [4.78, 5) is 15.0. The lowest BCUT2D eigenvalue weighted by Crippen LogP contribution is -1.93. The van der Waals surface area contributed by atoms with Gasteiger partial charge in [-0.05, 0) is 19.1 Å². The minimum atomic E-state index is 0.535. The average Bonchev–Trinajstić information content (AvgIpc) is 2.74. The Morgan fingerprint density at radius 3 is 2.33 bits per heavy atom. The van der Waals surface area contributed by atoms with E-state index in [0.29, 0.717) is 11.4 Å². The number of H-pyrrole nitrogens is 1. The molecule has 0 fully saturated rings. The second-order valence-corrected chi connectivity index (χ2v) is 3.72. The highest BCUT2D eigenvalue weighted by atomic mass is 14.9. The highest BCUT2D eigenvalue weighted by Gasteiger charge is 1.94. The zero-order chi connectivity index (χ0) is 13.0. The molecule has 0 bridgehead atoms. The molecule has 0 spiro atoms. The molecular weight excluding hydrogens is 228 g/mol. The van der Waals surface area contributed by atoms with E-state index in [4.69, 9.17) is 11.5 Å². The number of aromatic amines is 1. The van der Waals surface area contributed by atoms with Crippen molar-refractivity contribution in [3.05, 3.63) is 42.7 Å². The van der Waals surface area contributed by atoms with Gasteiger partial charge >= 0.3 is 0 Å². The van der Waals surface area contributed by atoms with Crippen LogP contribution in [0.1, 0.15) is 5.82 Å². The van der Waals surface area contributed by atoms with E-state index in [9.17, 15) is 0 Å². The van der Waals surface area contributed by atoms with Crippen molar-refractivity contribution in [1.82, 2.24) is 19.9 Å². The fraction of sp³-hybridized carbons (Fsp3) is 0.0833. The van der Waals surface area contributed by atoms with Gasteiger partial charge in [0.1, 0.15) is 5.82 Å². The van der Waals surface area contributed by atoms with Crippen molar-refractivity contribution in [2.45, 2.75) is 6.92 Å². The molecule has 5 N–H and O–H groups in total. The Balaban J connectivity index is 0.000000138. The van der Waals surface area contributed by atoms with Crippen LogP contribution in [0.2, 0.25) is 0 Å². The first-order valence-corrected chi connectivity index (χ1v) is 5.38. The van der Waals surface area contributed by atoms with E-state index < -0.39 is 0 Å². The van der Waals surface area contributed by atoms with Crippen LogP contribution in [-0.4, -0.2) is 19.9 Å². The van der Waals surface area contributed by atoms with Crippen LogP contribution in [-0.2, 0) is 0 Å². The third-order valence-electron chi connectivity index (χ3n) is 2.29. The molecule has 0 amide bonds. The van der Waals surface area contributed by atoms with Gasteiger partial charge in [0.05, 0.1) is 34.8 Å². The van der Waals surface area contributed by atoms with E-state index in [1.54, 1.807) is 24.7 Å². The molecule has 6 nitrogen and oxygen atoms in total. The van der Waals surface area contributed by atoms with Crippen molar-refractivity contribution in [1.29, 1.82) is 0 Å². The van der Waals surface area contributed by atoms with E-state index in [-0.39, 0.29) is 0 Å². The molecule has 0 atom stereocenters. The second kappa shape index (κ2) is 5.13. The Morgan fingerprint density at radius 2 is 1.72 bits per heavy atom. The molecule has 0 aromatic carbocycles. The van der Waals surface area contributed by atoms with Gasteiger partial charge in [0, 0.05) is 12.4 Å². The van der Waals surface area contributed by atoms with Gasteiger partial charge in [-0.2, -0.15) is 0 Å². The number of pyridine rings is 2. The summed E-state index contributed by atoms with van der Waals surface area (Å²) < 4.78 is 0. The molecule has 0 unspecified atom stereocenters. The molecule has 0 aliphatic carbocycles. The van der Waals surface area contributed by atoms with Crippen LogP contribution in [0.25, 0.3) is 11.0 Å². The second-order valence-electron chi connectivity index (χ2n) is 3.72. The fourth-order valence-corrected chi connectivity index (χ4v) is 1.40. The fourth-order valence-electron chi connectivity index (χ4n) is 1.40. The maximum atomic E-state index is 5.35. The number of anilines is 2. The molecule has 6 heteroatoms. The van der Waals surface area contributed by atoms with Gasteiger partial charge < -0.3 is 16.5 Å². The molecule has 0 saturated heterocycles. The summed E-state index contributed by atoms with van der Waals surface area (Å²) in [6.07, 6.45) is 6.64. The van der Waals surface area contributed by atoms with Gasteiger partial charge in [0.2, 0.25) is 0 Å². The largest absolute Gasteiger partial charge is 0.397 e. The van der Waals surface area contributed by atoms with Gasteiger partial charge in [0.25, 0.3) is 0 Å². The van der Waals surface area contributed by atoms with E-state index in [2.05, 4.69) is 19.9 Å². The highest BCUT2D eigenvalue weighted by molar-refractivity contribution is 5.73. The minimum absolute atomic E-state index is 0.535. The molecular formula is C12H14N6. The van der Waals surface area contributed by atoms with E-state index in [1.165, 1.54) is 6.20 Å². The van der Waals surface area contributed by atoms with Crippen molar-refractivity contribution in [2.24, 2.45) is 0 Å². The Kier molecular flexibility index (Phi) is 3.38. The monoisotopic (exact) mass is 242 g/mol. The normalized spacial score (nSPS) is 9.83. The number of nitrogens with two attached hydrogens (primary N) is 2. The quantitative estimate of drug-likeness (QED) is 0.554. The Morgan fingerprint density at radius 1 is 1.00 bits per heavy atom. The first kappa shape index (κ1) is 11.8. The van der Waals surface area contributed by atoms with Crippen molar-refractivity contribution < 1.29 is 0 Å². The lowest BCUT2D eigenvalue weighted by Gasteiger charge is -1.93. The molecule has 3 aromatic rings. The van der Waals surface area contributed by atoms with Gasteiger partial charge in [-0.25, -0.2) is 4.98 Å². The molecule has 18 heavy (non-hydrogen) atoms. The summed E-state index contributed by atoms with van der Waals surface area (Å²) in [5, 5.41) is 0.